The zero-order valence-electron chi connectivity index (χ0n) is 13.2. The Kier molecular flexibility index (Phi) is 5.98. The first-order chi connectivity index (χ1) is 10.5. The van der Waals surface area contributed by atoms with Gasteiger partial charge in [-0.2, -0.15) is 0 Å². The van der Waals surface area contributed by atoms with Crippen LogP contribution in [0.3, 0.4) is 0 Å². The van der Waals surface area contributed by atoms with Crippen LogP contribution in [0.1, 0.15) is 33.3 Å². The lowest BCUT2D eigenvalue weighted by molar-refractivity contribution is -0.167. The normalized spacial score (nSPS) is 13.3. The summed E-state index contributed by atoms with van der Waals surface area (Å²) in [4.78, 5) is 28.0. The number of carboxylic acids is 1. The molecule has 0 saturated carbocycles. The Morgan fingerprint density at radius 3 is 2.39 bits per heavy atom. The Morgan fingerprint density at radius 1 is 1.30 bits per heavy atom. The SMILES string of the molecule is CC(O/N=C(\C(=O)O)c1ccc(O)c(Cl)c1)C(=O)OC(C)(C)C. The van der Waals surface area contributed by atoms with Crippen molar-refractivity contribution in [2.24, 2.45) is 5.16 Å². The molecule has 8 heteroatoms. The molecule has 0 aliphatic carbocycles. The molecule has 1 aromatic carbocycles. The zero-order chi connectivity index (χ0) is 17.8. The van der Waals surface area contributed by atoms with Gasteiger partial charge in [0, 0.05) is 5.56 Å². The van der Waals surface area contributed by atoms with Gasteiger partial charge in [-0.1, -0.05) is 16.8 Å². The first kappa shape index (κ1) is 18.8. The van der Waals surface area contributed by atoms with Crippen molar-refractivity contribution in [1.82, 2.24) is 0 Å². The van der Waals surface area contributed by atoms with Crippen LogP contribution in [0.5, 0.6) is 5.75 Å². The number of carboxylic acid groups (broad SMARTS) is 1. The van der Waals surface area contributed by atoms with Crippen LogP contribution in [0.25, 0.3) is 0 Å². The van der Waals surface area contributed by atoms with E-state index < -0.39 is 29.4 Å². The fourth-order valence-corrected chi connectivity index (χ4v) is 1.61. The van der Waals surface area contributed by atoms with E-state index in [4.69, 9.17) is 21.2 Å². The number of aromatic hydroxyl groups is 1. The highest BCUT2D eigenvalue weighted by atomic mass is 35.5. The Balaban J connectivity index is 2.94. The number of carbonyl (C=O) groups is 2. The molecule has 126 valence electrons. The van der Waals surface area contributed by atoms with Gasteiger partial charge in [-0.25, -0.2) is 9.59 Å². The first-order valence-electron chi connectivity index (χ1n) is 6.70. The molecule has 0 fully saturated rings. The lowest BCUT2D eigenvalue weighted by Crippen LogP contribution is -2.31. The van der Waals surface area contributed by atoms with Gasteiger partial charge in [0.15, 0.2) is 5.71 Å². The lowest BCUT2D eigenvalue weighted by atomic mass is 10.1. The van der Waals surface area contributed by atoms with Gasteiger partial charge in [-0.05, 0) is 45.9 Å². The topological polar surface area (TPSA) is 105 Å². The maximum Gasteiger partial charge on any atom is 0.358 e. The molecule has 7 nitrogen and oxygen atoms in total. The first-order valence-corrected chi connectivity index (χ1v) is 7.08. The number of rotatable bonds is 5. The standard InChI is InChI=1S/C15H18ClNO6/c1-8(14(21)22-15(2,3)4)23-17-12(13(19)20)9-5-6-11(18)10(16)7-9/h5-8,18H,1-4H3,(H,19,20)/b17-12-. The summed E-state index contributed by atoms with van der Waals surface area (Å²) in [5.74, 6) is -2.24. The molecule has 0 heterocycles. The summed E-state index contributed by atoms with van der Waals surface area (Å²) in [6, 6.07) is 3.77. The molecule has 0 bridgehead atoms. The summed E-state index contributed by atoms with van der Waals surface area (Å²) in [5.41, 5.74) is -1.03. The van der Waals surface area contributed by atoms with Crippen molar-refractivity contribution in [3.05, 3.63) is 28.8 Å². The van der Waals surface area contributed by atoms with Crippen LogP contribution in [0.4, 0.5) is 0 Å². The summed E-state index contributed by atoms with van der Waals surface area (Å²) >= 11 is 5.74. The molecular weight excluding hydrogens is 326 g/mol. The Hall–Kier alpha value is -2.28. The molecule has 0 amide bonds. The molecule has 1 atom stereocenters. The number of halogens is 1. The minimum atomic E-state index is -1.37. The second-order valence-corrected chi connectivity index (χ2v) is 6.10. The second kappa shape index (κ2) is 7.32. The summed E-state index contributed by atoms with van der Waals surface area (Å²) in [7, 11) is 0. The van der Waals surface area contributed by atoms with E-state index in [0.29, 0.717) is 0 Å². The number of ether oxygens (including phenoxy) is 1. The van der Waals surface area contributed by atoms with Crippen LogP contribution in [0.15, 0.2) is 23.4 Å². The quantitative estimate of drug-likeness (QED) is 0.483. The largest absolute Gasteiger partial charge is 0.506 e. The molecule has 0 spiro atoms. The minimum Gasteiger partial charge on any atom is -0.506 e. The van der Waals surface area contributed by atoms with Gasteiger partial charge in [-0.3, -0.25) is 0 Å². The molecule has 0 aliphatic heterocycles. The second-order valence-electron chi connectivity index (χ2n) is 5.69. The summed E-state index contributed by atoms with van der Waals surface area (Å²) < 4.78 is 5.10. The smallest absolute Gasteiger partial charge is 0.358 e. The number of nitrogens with zero attached hydrogens (tertiary/aromatic N) is 1. The number of benzene rings is 1. The molecule has 0 saturated heterocycles. The van der Waals surface area contributed by atoms with Gasteiger partial charge >= 0.3 is 11.9 Å². The maximum atomic E-state index is 11.8. The molecular formula is C15H18ClNO6. The van der Waals surface area contributed by atoms with Crippen LogP contribution in [-0.2, 0) is 19.2 Å². The molecule has 23 heavy (non-hydrogen) atoms. The van der Waals surface area contributed by atoms with Crippen molar-refractivity contribution in [3.8, 4) is 5.75 Å². The molecule has 0 aliphatic rings. The van der Waals surface area contributed by atoms with E-state index >= 15 is 0 Å². The number of hydrogen-bond donors (Lipinski definition) is 2. The number of hydrogen-bond acceptors (Lipinski definition) is 6. The van der Waals surface area contributed by atoms with Gasteiger partial charge in [0.1, 0.15) is 11.4 Å². The van der Waals surface area contributed by atoms with Gasteiger partial charge in [0.2, 0.25) is 6.10 Å². The van der Waals surface area contributed by atoms with Crippen molar-refractivity contribution in [1.29, 1.82) is 0 Å². The highest BCUT2D eigenvalue weighted by Crippen LogP contribution is 2.24. The molecule has 1 aromatic rings. The van der Waals surface area contributed by atoms with E-state index in [-0.39, 0.29) is 16.3 Å². The minimum absolute atomic E-state index is 0.0309. The van der Waals surface area contributed by atoms with Crippen molar-refractivity contribution >= 4 is 29.3 Å². The van der Waals surface area contributed by atoms with E-state index in [1.165, 1.54) is 25.1 Å². The molecule has 1 unspecified atom stereocenters. The van der Waals surface area contributed by atoms with Gasteiger partial charge in [0.05, 0.1) is 5.02 Å². The molecule has 1 rings (SSSR count). The van der Waals surface area contributed by atoms with Crippen LogP contribution in [0, 0.1) is 0 Å². The average Bonchev–Trinajstić information content (AvgIpc) is 2.40. The third-order valence-corrected chi connectivity index (χ3v) is 2.77. The fraction of sp³-hybridized carbons (Fsp3) is 0.400. The fourth-order valence-electron chi connectivity index (χ4n) is 1.43. The van der Waals surface area contributed by atoms with Crippen molar-refractivity contribution < 1.29 is 29.4 Å². The van der Waals surface area contributed by atoms with Crippen LogP contribution in [-0.4, -0.2) is 39.6 Å². The predicted molar refractivity (Wildman–Crippen MR) is 83.7 cm³/mol. The highest BCUT2D eigenvalue weighted by molar-refractivity contribution is 6.43. The predicted octanol–water partition coefficient (Wildman–Crippen LogP) is 2.58. The Labute approximate surface area is 138 Å². The number of esters is 1. The lowest BCUT2D eigenvalue weighted by Gasteiger charge is -2.21. The summed E-state index contributed by atoms with van der Waals surface area (Å²) in [6.07, 6.45) is -1.09. The number of phenols is 1. The number of oxime groups is 1. The van der Waals surface area contributed by atoms with Crippen molar-refractivity contribution in [2.75, 3.05) is 0 Å². The van der Waals surface area contributed by atoms with Crippen LogP contribution < -0.4 is 0 Å². The van der Waals surface area contributed by atoms with E-state index in [2.05, 4.69) is 5.16 Å². The Bertz CT molecular complexity index is 635. The molecule has 0 aromatic heterocycles. The van der Waals surface area contributed by atoms with Gasteiger partial charge in [0.25, 0.3) is 0 Å². The summed E-state index contributed by atoms with van der Waals surface area (Å²) in [5, 5.41) is 22.0. The average molecular weight is 344 g/mol. The van der Waals surface area contributed by atoms with Crippen LogP contribution >= 0.6 is 11.6 Å². The van der Waals surface area contributed by atoms with Crippen LogP contribution in [0.2, 0.25) is 5.02 Å². The number of aliphatic carboxylic acids is 1. The maximum absolute atomic E-state index is 11.8. The summed E-state index contributed by atoms with van der Waals surface area (Å²) in [6.45, 7) is 6.48. The third kappa shape index (κ3) is 5.78. The van der Waals surface area contributed by atoms with Gasteiger partial charge < -0.3 is 19.8 Å². The highest BCUT2D eigenvalue weighted by Gasteiger charge is 2.24. The third-order valence-electron chi connectivity index (χ3n) is 2.46. The monoisotopic (exact) mass is 343 g/mol. The molecule has 2 N–H and O–H groups in total. The van der Waals surface area contributed by atoms with Gasteiger partial charge in [-0.15, -0.1) is 0 Å². The van der Waals surface area contributed by atoms with E-state index in [0.717, 1.165) is 0 Å². The van der Waals surface area contributed by atoms with Crippen molar-refractivity contribution in [2.45, 2.75) is 39.4 Å². The Morgan fingerprint density at radius 2 is 1.91 bits per heavy atom. The van der Waals surface area contributed by atoms with E-state index in [1.807, 2.05) is 0 Å². The number of phenolic OH excluding ortho intramolecular Hbond substituents is 1. The molecule has 0 radical (unpaired) electrons. The van der Waals surface area contributed by atoms with E-state index in [1.54, 1.807) is 20.8 Å². The number of carbonyl (C=O) groups excluding carboxylic acids is 1. The van der Waals surface area contributed by atoms with Crippen molar-refractivity contribution in [3.63, 3.8) is 0 Å². The zero-order valence-corrected chi connectivity index (χ0v) is 13.9. The van der Waals surface area contributed by atoms with E-state index in [9.17, 15) is 19.8 Å².